The summed E-state index contributed by atoms with van der Waals surface area (Å²) in [6.45, 7) is 3.99. The summed E-state index contributed by atoms with van der Waals surface area (Å²) in [5, 5.41) is 3.94. The number of hydrogen-bond donors (Lipinski definition) is 0. The number of rotatable bonds is 2. The van der Waals surface area contributed by atoms with Gasteiger partial charge < -0.3 is 4.42 Å². The molecule has 5 nitrogen and oxygen atoms in total. The van der Waals surface area contributed by atoms with E-state index in [0.29, 0.717) is 12.4 Å². The van der Waals surface area contributed by atoms with Crippen molar-refractivity contribution in [3.63, 3.8) is 0 Å². The van der Waals surface area contributed by atoms with Crippen LogP contribution >= 0.6 is 0 Å². The Balaban J connectivity index is 2.29. The Labute approximate surface area is 86.4 Å². The predicted octanol–water partition coefficient (Wildman–Crippen LogP) is 0.896. The van der Waals surface area contributed by atoms with Crippen molar-refractivity contribution in [2.45, 2.75) is 20.4 Å². The minimum atomic E-state index is -0.436. The zero-order valence-electron chi connectivity index (χ0n) is 8.60. The van der Waals surface area contributed by atoms with Gasteiger partial charge in [0.1, 0.15) is 0 Å². The molecule has 0 aliphatic carbocycles. The second-order valence-corrected chi connectivity index (χ2v) is 3.42. The second-order valence-electron chi connectivity index (χ2n) is 3.42. The van der Waals surface area contributed by atoms with Gasteiger partial charge in [0.15, 0.2) is 0 Å². The van der Waals surface area contributed by atoms with Gasteiger partial charge in [0.25, 0.3) is 0 Å². The lowest BCUT2D eigenvalue weighted by molar-refractivity contribution is 0.466. The van der Waals surface area contributed by atoms with Crippen LogP contribution in [0.25, 0.3) is 0 Å². The fourth-order valence-electron chi connectivity index (χ4n) is 1.39. The summed E-state index contributed by atoms with van der Waals surface area (Å²) < 4.78 is 6.08. The molecule has 0 saturated heterocycles. The topological polar surface area (TPSA) is 60.9 Å². The van der Waals surface area contributed by atoms with Crippen molar-refractivity contribution in [1.29, 1.82) is 0 Å². The van der Waals surface area contributed by atoms with Gasteiger partial charge >= 0.3 is 5.76 Å². The Bertz CT molecular complexity index is 527. The summed E-state index contributed by atoms with van der Waals surface area (Å²) in [4.78, 5) is 15.3. The molecule has 78 valence electrons. The monoisotopic (exact) mass is 205 g/mol. The highest BCUT2D eigenvalue weighted by molar-refractivity contribution is 5.16. The molecule has 0 spiro atoms. The minimum Gasteiger partial charge on any atom is -0.393 e. The number of pyridine rings is 1. The lowest BCUT2D eigenvalue weighted by atomic mass is 10.2. The number of nitrogens with zero attached hydrogens (tertiary/aromatic N) is 3. The zero-order chi connectivity index (χ0) is 10.8. The molecule has 0 aliphatic rings. The van der Waals surface area contributed by atoms with Crippen LogP contribution in [0.3, 0.4) is 0 Å². The summed E-state index contributed by atoms with van der Waals surface area (Å²) in [5.41, 5.74) is 1.99. The van der Waals surface area contributed by atoms with Crippen molar-refractivity contribution in [1.82, 2.24) is 14.8 Å². The zero-order valence-corrected chi connectivity index (χ0v) is 8.60. The van der Waals surface area contributed by atoms with E-state index in [1.54, 1.807) is 19.3 Å². The van der Waals surface area contributed by atoms with E-state index >= 15 is 0 Å². The van der Waals surface area contributed by atoms with Gasteiger partial charge in [-0.15, -0.1) is 5.10 Å². The van der Waals surface area contributed by atoms with Crippen LogP contribution in [0.5, 0.6) is 0 Å². The fourth-order valence-corrected chi connectivity index (χ4v) is 1.39. The number of hydrogen-bond acceptors (Lipinski definition) is 4. The fraction of sp³-hybridized carbons (Fsp3) is 0.300. The number of aryl methyl sites for hydroxylation is 2. The first kappa shape index (κ1) is 9.64. The Morgan fingerprint density at radius 1 is 1.40 bits per heavy atom. The molecule has 2 rings (SSSR count). The second kappa shape index (κ2) is 3.68. The number of aromatic nitrogens is 3. The molecule has 2 heterocycles. The average Bonchev–Trinajstić information content (AvgIpc) is 2.45. The lowest BCUT2D eigenvalue weighted by Gasteiger charge is -1.99. The molecule has 0 bridgehead atoms. The highest BCUT2D eigenvalue weighted by Gasteiger charge is 2.04. The van der Waals surface area contributed by atoms with E-state index < -0.39 is 5.76 Å². The molecule has 2 aromatic heterocycles. The summed E-state index contributed by atoms with van der Waals surface area (Å²) in [6, 6.07) is 1.96. The van der Waals surface area contributed by atoms with E-state index in [9.17, 15) is 4.79 Å². The van der Waals surface area contributed by atoms with Crippen LogP contribution in [0.1, 0.15) is 17.0 Å². The molecule has 0 fully saturated rings. The van der Waals surface area contributed by atoms with E-state index in [0.717, 1.165) is 11.1 Å². The maximum absolute atomic E-state index is 11.2. The molecular formula is C10H11N3O2. The van der Waals surface area contributed by atoms with E-state index in [-0.39, 0.29) is 0 Å². The first-order chi connectivity index (χ1) is 7.15. The van der Waals surface area contributed by atoms with Crippen molar-refractivity contribution in [3.8, 4) is 0 Å². The van der Waals surface area contributed by atoms with E-state index in [4.69, 9.17) is 4.42 Å². The highest BCUT2D eigenvalue weighted by Crippen LogP contribution is 2.02. The van der Waals surface area contributed by atoms with Crippen molar-refractivity contribution in [2.24, 2.45) is 0 Å². The molecule has 0 atom stereocenters. The Hall–Kier alpha value is -1.91. The third-order valence-corrected chi connectivity index (χ3v) is 1.97. The molecular weight excluding hydrogens is 194 g/mol. The van der Waals surface area contributed by atoms with Crippen LogP contribution < -0.4 is 5.76 Å². The van der Waals surface area contributed by atoms with E-state index in [1.165, 1.54) is 4.68 Å². The molecule has 0 unspecified atom stereocenters. The molecule has 0 aromatic carbocycles. The average molecular weight is 205 g/mol. The Kier molecular flexibility index (Phi) is 2.37. The smallest absolute Gasteiger partial charge is 0.393 e. The van der Waals surface area contributed by atoms with Crippen LogP contribution in [0.15, 0.2) is 27.7 Å². The van der Waals surface area contributed by atoms with E-state index in [2.05, 4.69) is 10.1 Å². The molecule has 0 aliphatic heterocycles. The van der Waals surface area contributed by atoms with Gasteiger partial charge in [0, 0.05) is 19.3 Å². The summed E-state index contributed by atoms with van der Waals surface area (Å²) in [6.07, 6.45) is 3.48. The Morgan fingerprint density at radius 3 is 2.80 bits per heavy atom. The van der Waals surface area contributed by atoms with E-state index in [1.807, 2.05) is 13.0 Å². The standard InChI is InChI=1S/C10H11N3O2/c1-7-3-9(5-11-4-7)6-13-10(14)15-8(2)12-13/h3-5H,6H2,1-2H3. The van der Waals surface area contributed by atoms with Crippen molar-refractivity contribution in [2.75, 3.05) is 0 Å². The van der Waals surface area contributed by atoms with Crippen molar-refractivity contribution < 1.29 is 4.42 Å². The molecule has 0 N–H and O–H groups in total. The van der Waals surface area contributed by atoms with Crippen LogP contribution in [0.2, 0.25) is 0 Å². The minimum absolute atomic E-state index is 0.376. The summed E-state index contributed by atoms with van der Waals surface area (Å²) in [5.74, 6) is -0.0605. The molecule has 0 radical (unpaired) electrons. The van der Waals surface area contributed by atoms with Crippen LogP contribution in [-0.4, -0.2) is 14.8 Å². The SMILES string of the molecule is Cc1cncc(Cn2nc(C)oc2=O)c1. The first-order valence-corrected chi connectivity index (χ1v) is 4.60. The quantitative estimate of drug-likeness (QED) is 0.730. The lowest BCUT2D eigenvalue weighted by Crippen LogP contribution is -2.16. The van der Waals surface area contributed by atoms with Gasteiger partial charge in [-0.3, -0.25) is 4.98 Å². The highest BCUT2D eigenvalue weighted by atomic mass is 16.4. The van der Waals surface area contributed by atoms with Gasteiger partial charge in [-0.1, -0.05) is 6.07 Å². The van der Waals surface area contributed by atoms with Gasteiger partial charge in [-0.25, -0.2) is 4.79 Å². The van der Waals surface area contributed by atoms with Crippen LogP contribution in [0.4, 0.5) is 0 Å². The van der Waals surface area contributed by atoms with Gasteiger partial charge in [0.2, 0.25) is 5.89 Å². The maximum Gasteiger partial charge on any atom is 0.437 e. The van der Waals surface area contributed by atoms with Crippen LogP contribution in [-0.2, 0) is 6.54 Å². The van der Waals surface area contributed by atoms with Crippen LogP contribution in [0, 0.1) is 13.8 Å². The molecule has 2 aromatic rings. The van der Waals surface area contributed by atoms with Gasteiger partial charge in [-0.2, -0.15) is 4.68 Å². The first-order valence-electron chi connectivity index (χ1n) is 4.60. The van der Waals surface area contributed by atoms with Crippen molar-refractivity contribution in [3.05, 3.63) is 46.0 Å². The predicted molar refractivity (Wildman–Crippen MR) is 53.6 cm³/mol. The largest absolute Gasteiger partial charge is 0.437 e. The van der Waals surface area contributed by atoms with Gasteiger partial charge in [0.05, 0.1) is 6.54 Å². The normalized spacial score (nSPS) is 10.5. The summed E-state index contributed by atoms with van der Waals surface area (Å²) >= 11 is 0. The Morgan fingerprint density at radius 2 is 2.20 bits per heavy atom. The molecule has 5 heteroatoms. The molecule has 15 heavy (non-hydrogen) atoms. The molecule has 0 amide bonds. The summed E-state index contributed by atoms with van der Waals surface area (Å²) in [7, 11) is 0. The maximum atomic E-state index is 11.2. The van der Waals surface area contributed by atoms with Crippen molar-refractivity contribution >= 4 is 0 Å². The third kappa shape index (κ3) is 2.12. The third-order valence-electron chi connectivity index (χ3n) is 1.97. The molecule has 0 saturated carbocycles. The van der Waals surface area contributed by atoms with Gasteiger partial charge in [-0.05, 0) is 18.1 Å².